The highest BCUT2D eigenvalue weighted by Gasteiger charge is 2.31. The molecule has 0 fully saturated rings. The van der Waals surface area contributed by atoms with Crippen LogP contribution < -0.4 is 4.57 Å². The number of carbonyl (C=O) groups excluding carboxylic acids is 2. The van der Waals surface area contributed by atoms with E-state index in [0.717, 1.165) is 15.5 Å². The predicted molar refractivity (Wildman–Crippen MR) is 127 cm³/mol. The first-order chi connectivity index (χ1) is 14.9. The smallest absolute Gasteiger partial charge is 0.310 e. The Labute approximate surface area is 195 Å². The highest BCUT2D eigenvalue weighted by molar-refractivity contribution is 8.01. The minimum Gasteiger partial charge on any atom is -0.466 e. The summed E-state index contributed by atoms with van der Waals surface area (Å²) in [6.07, 6.45) is 5.73. The summed E-state index contributed by atoms with van der Waals surface area (Å²) in [5.41, 5.74) is 3.15. The van der Waals surface area contributed by atoms with Crippen molar-refractivity contribution in [2.75, 3.05) is 12.4 Å². The van der Waals surface area contributed by atoms with Crippen LogP contribution in [0.4, 0.5) is 0 Å². The van der Waals surface area contributed by atoms with Gasteiger partial charge < -0.3 is 4.74 Å². The zero-order valence-electron chi connectivity index (χ0n) is 17.4. The van der Waals surface area contributed by atoms with E-state index >= 15 is 0 Å². The molecule has 0 spiro atoms. The van der Waals surface area contributed by atoms with Crippen LogP contribution in [-0.4, -0.2) is 24.1 Å². The fourth-order valence-corrected chi connectivity index (χ4v) is 5.48. The molecule has 4 nitrogen and oxygen atoms in total. The molecule has 0 aliphatic carbocycles. The van der Waals surface area contributed by atoms with Crippen molar-refractivity contribution in [3.63, 3.8) is 0 Å². The van der Waals surface area contributed by atoms with Crippen LogP contribution >= 0.6 is 34.7 Å². The van der Waals surface area contributed by atoms with Gasteiger partial charge in [0, 0.05) is 28.5 Å². The molecule has 0 saturated heterocycles. The summed E-state index contributed by atoms with van der Waals surface area (Å²) in [5, 5.41) is 0.563. The van der Waals surface area contributed by atoms with Crippen molar-refractivity contribution in [2.24, 2.45) is 0 Å². The van der Waals surface area contributed by atoms with Crippen molar-refractivity contribution in [3.8, 4) is 5.69 Å². The van der Waals surface area contributed by atoms with Gasteiger partial charge in [0.05, 0.1) is 23.5 Å². The third-order valence-corrected chi connectivity index (χ3v) is 7.20. The van der Waals surface area contributed by atoms with Gasteiger partial charge in [0.1, 0.15) is 4.21 Å². The summed E-state index contributed by atoms with van der Waals surface area (Å²) in [6, 6.07) is 10.8. The summed E-state index contributed by atoms with van der Waals surface area (Å²) in [4.78, 5) is 26.4. The molecule has 1 aromatic carbocycles. The molecule has 0 aliphatic rings. The summed E-state index contributed by atoms with van der Waals surface area (Å²) < 4.78 is 8.12. The van der Waals surface area contributed by atoms with Crippen LogP contribution in [0.15, 0.2) is 65.7 Å². The van der Waals surface area contributed by atoms with E-state index in [2.05, 4.69) is 6.58 Å². The third kappa shape index (κ3) is 5.64. The summed E-state index contributed by atoms with van der Waals surface area (Å²) in [7, 11) is 0. The van der Waals surface area contributed by atoms with Gasteiger partial charge >= 0.3 is 5.97 Å². The number of ketones is 1. The molecule has 0 bridgehead atoms. The largest absolute Gasteiger partial charge is 0.466 e. The molecule has 2 aromatic heterocycles. The van der Waals surface area contributed by atoms with Gasteiger partial charge in [-0.3, -0.25) is 9.59 Å². The van der Waals surface area contributed by atoms with Gasteiger partial charge in [-0.05, 0) is 43.7 Å². The van der Waals surface area contributed by atoms with E-state index in [1.807, 2.05) is 42.1 Å². The van der Waals surface area contributed by atoms with Crippen molar-refractivity contribution >= 4 is 46.5 Å². The summed E-state index contributed by atoms with van der Waals surface area (Å²) in [5.74, 6) is 0.188. The number of benzene rings is 1. The highest BCUT2D eigenvalue weighted by Crippen LogP contribution is 2.38. The molecule has 2 heterocycles. The monoisotopic (exact) mass is 472 g/mol. The van der Waals surface area contributed by atoms with Gasteiger partial charge in [0.25, 0.3) is 0 Å². The van der Waals surface area contributed by atoms with E-state index in [4.69, 9.17) is 16.3 Å². The van der Waals surface area contributed by atoms with E-state index in [-0.39, 0.29) is 24.8 Å². The zero-order valence-corrected chi connectivity index (χ0v) is 19.8. The van der Waals surface area contributed by atoms with Crippen LogP contribution in [0, 0.1) is 6.92 Å². The number of thiophene rings is 1. The number of aromatic nitrogens is 1. The van der Waals surface area contributed by atoms with Crippen molar-refractivity contribution in [2.45, 2.75) is 24.5 Å². The maximum Gasteiger partial charge on any atom is 0.310 e. The highest BCUT2D eigenvalue weighted by atomic mass is 35.5. The van der Waals surface area contributed by atoms with Crippen LogP contribution in [0.25, 0.3) is 5.69 Å². The summed E-state index contributed by atoms with van der Waals surface area (Å²) in [6.45, 7) is 7.88. The van der Waals surface area contributed by atoms with E-state index in [1.54, 1.807) is 43.0 Å². The average Bonchev–Trinajstić information content (AvgIpc) is 3.11. The van der Waals surface area contributed by atoms with Crippen LogP contribution in [0.3, 0.4) is 0 Å². The maximum atomic E-state index is 13.4. The van der Waals surface area contributed by atoms with Crippen LogP contribution in [-0.2, 0) is 16.0 Å². The minimum atomic E-state index is -0.361. The molecular weight excluding hydrogens is 450 g/mol. The number of thioether (sulfide) groups is 1. The summed E-state index contributed by atoms with van der Waals surface area (Å²) >= 11 is 8.98. The number of aryl methyl sites for hydroxylation is 1. The molecule has 0 saturated carbocycles. The average molecular weight is 473 g/mol. The quantitative estimate of drug-likeness (QED) is 0.134. The van der Waals surface area contributed by atoms with Gasteiger partial charge in [-0.2, -0.15) is 4.57 Å². The third-order valence-electron chi connectivity index (χ3n) is 4.47. The number of halogens is 1. The standard InChI is InChI=1S/C24H23ClNO3S2/c1-4-14-30-24-21(26-12-10-16(3)11-13-26)19(15-20(27)29-5-2)23(31-24)22(28)17-6-8-18(25)9-7-17/h4,6-13H,1,5,14-15H2,2-3H3/q+1. The molecule has 3 rings (SSSR count). The van der Waals surface area contributed by atoms with Crippen LogP contribution in [0.1, 0.15) is 33.3 Å². The van der Waals surface area contributed by atoms with Gasteiger partial charge in [-0.1, -0.05) is 17.7 Å². The second-order valence-corrected chi connectivity index (χ2v) is 9.49. The topological polar surface area (TPSA) is 47.3 Å². The van der Waals surface area contributed by atoms with E-state index in [1.165, 1.54) is 11.3 Å². The second kappa shape index (κ2) is 10.8. The number of pyridine rings is 1. The number of rotatable bonds is 9. The molecule has 0 unspecified atom stereocenters. The van der Waals surface area contributed by atoms with Crippen LogP contribution in [0.5, 0.6) is 0 Å². The van der Waals surface area contributed by atoms with Crippen molar-refractivity contribution in [1.29, 1.82) is 0 Å². The van der Waals surface area contributed by atoms with Crippen LogP contribution in [0.2, 0.25) is 5.02 Å². The fraction of sp³-hybridized carbons (Fsp3) is 0.208. The lowest BCUT2D eigenvalue weighted by Gasteiger charge is -2.06. The number of carbonyl (C=O) groups is 2. The molecular formula is C24H23ClNO3S2+. The van der Waals surface area contributed by atoms with E-state index < -0.39 is 0 Å². The van der Waals surface area contributed by atoms with Crippen molar-refractivity contribution in [1.82, 2.24) is 0 Å². The molecule has 160 valence electrons. The van der Waals surface area contributed by atoms with Gasteiger partial charge in [0.2, 0.25) is 11.5 Å². The first-order valence-corrected chi connectivity index (χ1v) is 12.0. The first kappa shape index (κ1) is 23.3. The molecule has 7 heteroatoms. The Morgan fingerprint density at radius 1 is 1.19 bits per heavy atom. The second-order valence-electron chi connectivity index (χ2n) is 6.75. The molecule has 0 amide bonds. The lowest BCUT2D eigenvalue weighted by molar-refractivity contribution is -0.598. The number of ether oxygens (including phenoxy) is 1. The normalized spacial score (nSPS) is 10.7. The number of hydrogen-bond acceptors (Lipinski definition) is 5. The Bertz CT molecular complexity index is 1090. The van der Waals surface area contributed by atoms with Crippen molar-refractivity contribution in [3.05, 3.63) is 88.0 Å². The number of hydrogen-bond donors (Lipinski definition) is 0. The molecule has 0 aliphatic heterocycles. The van der Waals surface area contributed by atoms with Gasteiger partial charge in [0.15, 0.2) is 12.4 Å². The van der Waals surface area contributed by atoms with Crippen molar-refractivity contribution < 1.29 is 18.9 Å². The Kier molecular flexibility index (Phi) is 8.07. The molecule has 0 N–H and O–H groups in total. The Balaban J connectivity index is 2.18. The maximum absolute atomic E-state index is 13.4. The molecule has 3 aromatic rings. The van der Waals surface area contributed by atoms with Gasteiger partial charge in [-0.25, -0.2) is 0 Å². The number of nitrogens with zero attached hydrogens (tertiary/aromatic N) is 1. The Morgan fingerprint density at radius 3 is 2.48 bits per heavy atom. The van der Waals surface area contributed by atoms with E-state index in [9.17, 15) is 9.59 Å². The molecule has 31 heavy (non-hydrogen) atoms. The lowest BCUT2D eigenvalue weighted by Crippen LogP contribution is -2.31. The Hall–Kier alpha value is -2.41. The number of esters is 1. The fourth-order valence-electron chi connectivity index (χ4n) is 3.01. The first-order valence-electron chi connectivity index (χ1n) is 9.78. The SMILES string of the molecule is C=CCSc1sc(C(=O)c2ccc(Cl)cc2)c(CC(=O)OCC)c1-[n+]1ccc(C)cc1. The van der Waals surface area contributed by atoms with Gasteiger partial charge in [-0.15, -0.1) is 29.7 Å². The lowest BCUT2D eigenvalue weighted by atomic mass is 10.0. The Morgan fingerprint density at radius 2 is 1.87 bits per heavy atom. The molecule has 0 atom stereocenters. The minimum absolute atomic E-state index is 0.0177. The predicted octanol–water partition coefficient (Wildman–Crippen LogP) is 5.60. The molecule has 0 radical (unpaired) electrons. The zero-order chi connectivity index (χ0) is 22.4. The van der Waals surface area contributed by atoms with E-state index in [0.29, 0.717) is 26.8 Å².